The summed E-state index contributed by atoms with van der Waals surface area (Å²) in [6, 6.07) is 5.19. The molecular weight excluding hydrogens is 227 g/mol. The summed E-state index contributed by atoms with van der Waals surface area (Å²) in [5.74, 6) is 0. The zero-order chi connectivity index (χ0) is 12.9. The number of rotatable bonds is 5. The molecule has 0 aliphatic rings. The van der Waals surface area contributed by atoms with Crippen LogP contribution in [0.4, 0.5) is 13.2 Å². The maximum Gasteiger partial charge on any atom is 0.416 e. The van der Waals surface area contributed by atoms with Crippen molar-refractivity contribution in [1.82, 2.24) is 5.32 Å². The molecule has 4 heteroatoms. The fourth-order valence-corrected chi connectivity index (χ4v) is 1.32. The molecule has 0 saturated heterocycles. The Labute approximate surface area is 99.3 Å². The topological polar surface area (TPSA) is 12.0 Å². The Bertz CT molecular complexity index is 365. The molecule has 0 amide bonds. The monoisotopic (exact) mass is 243 g/mol. The van der Waals surface area contributed by atoms with Gasteiger partial charge in [-0.25, -0.2) is 0 Å². The summed E-state index contributed by atoms with van der Waals surface area (Å²) in [5, 5.41) is 3.13. The van der Waals surface area contributed by atoms with Gasteiger partial charge in [-0.15, -0.1) is 0 Å². The normalized spacial score (nSPS) is 11.5. The molecule has 0 bridgehead atoms. The van der Waals surface area contributed by atoms with E-state index in [-0.39, 0.29) is 0 Å². The van der Waals surface area contributed by atoms with Gasteiger partial charge in [-0.3, -0.25) is 0 Å². The Balaban J connectivity index is 2.49. The second-order valence-corrected chi connectivity index (χ2v) is 3.90. The van der Waals surface area contributed by atoms with Gasteiger partial charge in [-0.05, 0) is 24.1 Å². The molecule has 94 valence electrons. The zero-order valence-corrected chi connectivity index (χ0v) is 9.77. The fraction of sp³-hybridized carbons (Fsp3) is 0.385. The Morgan fingerprint density at radius 3 is 2.29 bits per heavy atom. The van der Waals surface area contributed by atoms with E-state index in [9.17, 15) is 13.2 Å². The first kappa shape index (κ1) is 13.8. The Kier molecular flexibility index (Phi) is 4.75. The van der Waals surface area contributed by atoms with Gasteiger partial charge in [0.25, 0.3) is 0 Å². The lowest BCUT2D eigenvalue weighted by molar-refractivity contribution is -0.137. The summed E-state index contributed by atoms with van der Waals surface area (Å²) in [6.07, 6.45) is -3.36. The van der Waals surface area contributed by atoms with E-state index in [0.29, 0.717) is 13.1 Å². The smallest absolute Gasteiger partial charge is 0.309 e. The number of nitrogens with one attached hydrogen (secondary N) is 1. The van der Waals surface area contributed by atoms with Crippen LogP contribution >= 0.6 is 0 Å². The van der Waals surface area contributed by atoms with E-state index in [4.69, 9.17) is 0 Å². The van der Waals surface area contributed by atoms with E-state index < -0.39 is 11.7 Å². The Morgan fingerprint density at radius 1 is 1.24 bits per heavy atom. The summed E-state index contributed by atoms with van der Waals surface area (Å²) in [5.41, 5.74) is 1.30. The van der Waals surface area contributed by atoms with Gasteiger partial charge in [-0.1, -0.05) is 31.2 Å². The molecule has 0 fully saturated rings. The molecule has 0 spiro atoms. The molecule has 17 heavy (non-hydrogen) atoms. The molecule has 1 N–H and O–H groups in total. The standard InChI is InChI=1S/C13H16F3N/c1-3-10(2)8-17-9-11-4-6-12(7-5-11)13(14,15)16/h4-7,17H,2-3,8-9H2,1H3. The third kappa shape index (κ3) is 4.61. The van der Waals surface area contributed by atoms with Crippen molar-refractivity contribution in [2.45, 2.75) is 26.1 Å². The molecule has 1 aromatic rings. The molecule has 1 aromatic carbocycles. The van der Waals surface area contributed by atoms with Gasteiger partial charge in [0.1, 0.15) is 0 Å². The van der Waals surface area contributed by atoms with Gasteiger partial charge in [0.05, 0.1) is 5.56 Å². The van der Waals surface area contributed by atoms with Crippen molar-refractivity contribution in [3.8, 4) is 0 Å². The third-order valence-electron chi connectivity index (χ3n) is 2.49. The van der Waals surface area contributed by atoms with Crippen molar-refractivity contribution in [2.75, 3.05) is 6.54 Å². The summed E-state index contributed by atoms with van der Waals surface area (Å²) in [4.78, 5) is 0. The van der Waals surface area contributed by atoms with Gasteiger partial charge in [0.2, 0.25) is 0 Å². The number of hydrogen-bond acceptors (Lipinski definition) is 1. The first-order chi connectivity index (χ1) is 7.93. The fourth-order valence-electron chi connectivity index (χ4n) is 1.32. The highest BCUT2D eigenvalue weighted by Gasteiger charge is 2.29. The lowest BCUT2D eigenvalue weighted by Crippen LogP contribution is -2.16. The highest BCUT2D eigenvalue weighted by molar-refractivity contribution is 5.24. The third-order valence-corrected chi connectivity index (χ3v) is 2.49. The maximum atomic E-state index is 12.3. The molecule has 0 saturated carbocycles. The second-order valence-electron chi connectivity index (χ2n) is 3.90. The zero-order valence-electron chi connectivity index (χ0n) is 9.77. The second kappa shape index (κ2) is 5.87. The molecule has 1 rings (SSSR count). The molecule has 0 radical (unpaired) electrons. The molecule has 0 aliphatic carbocycles. The molecular formula is C13H16F3N. The number of halogens is 3. The van der Waals surface area contributed by atoms with E-state index in [1.807, 2.05) is 6.92 Å². The van der Waals surface area contributed by atoms with Crippen molar-refractivity contribution in [3.05, 3.63) is 47.5 Å². The average molecular weight is 243 g/mol. The molecule has 0 atom stereocenters. The average Bonchev–Trinajstić information content (AvgIpc) is 2.28. The van der Waals surface area contributed by atoms with Gasteiger partial charge < -0.3 is 5.32 Å². The molecule has 0 aromatic heterocycles. The van der Waals surface area contributed by atoms with Crippen LogP contribution in [0.25, 0.3) is 0 Å². The van der Waals surface area contributed by atoms with Crippen LogP contribution in [0.5, 0.6) is 0 Å². The number of alkyl halides is 3. The lowest BCUT2D eigenvalue weighted by Gasteiger charge is -2.09. The Hall–Kier alpha value is -1.29. The van der Waals surface area contributed by atoms with E-state index >= 15 is 0 Å². The van der Waals surface area contributed by atoms with Crippen molar-refractivity contribution >= 4 is 0 Å². The van der Waals surface area contributed by atoms with Crippen molar-refractivity contribution < 1.29 is 13.2 Å². The van der Waals surface area contributed by atoms with Gasteiger partial charge in [0.15, 0.2) is 0 Å². The van der Waals surface area contributed by atoms with Crippen LogP contribution < -0.4 is 5.32 Å². The van der Waals surface area contributed by atoms with Crippen LogP contribution in [0.3, 0.4) is 0 Å². The van der Waals surface area contributed by atoms with E-state index in [0.717, 1.165) is 29.7 Å². The number of benzene rings is 1. The van der Waals surface area contributed by atoms with Crippen LogP contribution in [0.2, 0.25) is 0 Å². The Morgan fingerprint density at radius 2 is 1.82 bits per heavy atom. The highest BCUT2D eigenvalue weighted by Crippen LogP contribution is 2.28. The van der Waals surface area contributed by atoms with Crippen molar-refractivity contribution in [1.29, 1.82) is 0 Å². The maximum absolute atomic E-state index is 12.3. The minimum Gasteiger partial charge on any atom is -0.309 e. The summed E-state index contributed by atoms with van der Waals surface area (Å²) < 4.78 is 36.9. The van der Waals surface area contributed by atoms with Crippen molar-refractivity contribution in [2.24, 2.45) is 0 Å². The molecule has 0 aliphatic heterocycles. The van der Waals surface area contributed by atoms with Gasteiger partial charge in [-0.2, -0.15) is 13.2 Å². The van der Waals surface area contributed by atoms with Gasteiger partial charge >= 0.3 is 6.18 Å². The van der Waals surface area contributed by atoms with Crippen molar-refractivity contribution in [3.63, 3.8) is 0 Å². The SMILES string of the molecule is C=C(CC)CNCc1ccc(C(F)(F)F)cc1. The lowest BCUT2D eigenvalue weighted by atomic mass is 10.1. The van der Waals surface area contributed by atoms with Crippen LogP contribution in [-0.2, 0) is 12.7 Å². The summed E-state index contributed by atoms with van der Waals surface area (Å²) in [6.45, 7) is 7.10. The van der Waals surface area contributed by atoms with E-state index in [2.05, 4.69) is 11.9 Å². The molecule has 0 heterocycles. The minimum atomic E-state index is -4.26. The predicted octanol–water partition coefficient (Wildman–Crippen LogP) is 3.76. The van der Waals surface area contributed by atoms with Crippen LogP contribution in [0.15, 0.2) is 36.4 Å². The van der Waals surface area contributed by atoms with Crippen LogP contribution in [0, 0.1) is 0 Å². The first-order valence-electron chi connectivity index (χ1n) is 5.47. The van der Waals surface area contributed by atoms with E-state index in [1.165, 1.54) is 12.1 Å². The van der Waals surface area contributed by atoms with Gasteiger partial charge in [0, 0.05) is 13.1 Å². The summed E-state index contributed by atoms with van der Waals surface area (Å²) >= 11 is 0. The quantitative estimate of drug-likeness (QED) is 0.776. The molecule has 0 unspecified atom stereocenters. The minimum absolute atomic E-state index is 0.553. The van der Waals surface area contributed by atoms with Crippen LogP contribution in [-0.4, -0.2) is 6.54 Å². The van der Waals surface area contributed by atoms with E-state index in [1.54, 1.807) is 0 Å². The predicted molar refractivity (Wildman–Crippen MR) is 62.6 cm³/mol. The van der Waals surface area contributed by atoms with Crippen LogP contribution in [0.1, 0.15) is 24.5 Å². The highest BCUT2D eigenvalue weighted by atomic mass is 19.4. The largest absolute Gasteiger partial charge is 0.416 e. The number of hydrogen-bond donors (Lipinski definition) is 1. The first-order valence-corrected chi connectivity index (χ1v) is 5.47. The summed E-state index contributed by atoms with van der Waals surface area (Å²) in [7, 11) is 0. The molecule has 1 nitrogen and oxygen atoms in total.